The normalized spacial score (nSPS) is 11.7. The Bertz CT molecular complexity index is 1280. The number of aromatic nitrogens is 3. The van der Waals surface area contributed by atoms with Crippen molar-refractivity contribution in [2.24, 2.45) is 0 Å². The molecule has 140 valence electrons. The van der Waals surface area contributed by atoms with E-state index in [4.69, 9.17) is 9.47 Å². The van der Waals surface area contributed by atoms with Crippen LogP contribution >= 0.6 is 11.3 Å². The molecule has 0 aliphatic carbocycles. The van der Waals surface area contributed by atoms with Gasteiger partial charge in [0.15, 0.2) is 5.82 Å². The largest absolute Gasteiger partial charge is 0.497 e. The highest BCUT2D eigenvalue weighted by atomic mass is 32.1. The maximum Gasteiger partial charge on any atom is 0.308 e. The van der Waals surface area contributed by atoms with E-state index in [2.05, 4.69) is 10.1 Å². The van der Waals surface area contributed by atoms with Gasteiger partial charge in [-0.05, 0) is 35.9 Å². The fraction of sp³-hybridized carbons (Fsp3) is 0.100. The number of esters is 1. The first-order chi connectivity index (χ1) is 13.5. The number of ether oxygens (including phenoxy) is 2. The lowest BCUT2D eigenvalue weighted by molar-refractivity contribution is -0.131. The van der Waals surface area contributed by atoms with Gasteiger partial charge in [0.25, 0.3) is 5.56 Å². The number of hydrogen-bond acceptors (Lipinski definition) is 7. The van der Waals surface area contributed by atoms with Gasteiger partial charge >= 0.3 is 5.97 Å². The van der Waals surface area contributed by atoms with Crippen molar-refractivity contribution in [3.63, 3.8) is 0 Å². The van der Waals surface area contributed by atoms with Crippen molar-refractivity contribution in [2.45, 2.75) is 6.92 Å². The number of hydrogen-bond donors (Lipinski definition) is 0. The Labute approximate surface area is 163 Å². The van der Waals surface area contributed by atoms with Crippen molar-refractivity contribution < 1.29 is 14.3 Å². The van der Waals surface area contributed by atoms with Crippen LogP contribution < -0.4 is 19.6 Å². The molecule has 0 aliphatic rings. The molecule has 0 fully saturated rings. The third-order valence-electron chi connectivity index (χ3n) is 3.98. The first-order valence-corrected chi connectivity index (χ1v) is 9.20. The summed E-state index contributed by atoms with van der Waals surface area (Å²) < 4.78 is 12.1. The van der Waals surface area contributed by atoms with E-state index in [9.17, 15) is 9.59 Å². The number of nitrogens with zero attached hydrogens (tertiary/aromatic N) is 3. The monoisotopic (exact) mass is 393 g/mol. The first-order valence-electron chi connectivity index (χ1n) is 8.38. The maximum absolute atomic E-state index is 12.7. The summed E-state index contributed by atoms with van der Waals surface area (Å²) >= 11 is 1.25. The van der Waals surface area contributed by atoms with Gasteiger partial charge in [0.2, 0.25) is 4.96 Å². The minimum absolute atomic E-state index is 0.250. The second-order valence-electron chi connectivity index (χ2n) is 5.91. The second-order valence-corrected chi connectivity index (χ2v) is 6.92. The summed E-state index contributed by atoms with van der Waals surface area (Å²) in [6.07, 6.45) is 1.79. The Morgan fingerprint density at radius 1 is 1.14 bits per heavy atom. The molecule has 0 bridgehead atoms. The highest BCUT2D eigenvalue weighted by Crippen LogP contribution is 2.27. The summed E-state index contributed by atoms with van der Waals surface area (Å²) in [6, 6.07) is 14.3. The van der Waals surface area contributed by atoms with Crippen LogP contribution in [0, 0.1) is 0 Å². The quantitative estimate of drug-likeness (QED) is 0.391. The van der Waals surface area contributed by atoms with Gasteiger partial charge in [0.1, 0.15) is 11.5 Å². The van der Waals surface area contributed by atoms with Crippen molar-refractivity contribution in [3.8, 4) is 22.9 Å². The molecular weight excluding hydrogens is 378 g/mol. The molecule has 2 aromatic heterocycles. The molecule has 0 amide bonds. The molecule has 0 atom stereocenters. The molecule has 8 heteroatoms. The summed E-state index contributed by atoms with van der Waals surface area (Å²) in [5.74, 6) is 0.995. The Morgan fingerprint density at radius 2 is 1.89 bits per heavy atom. The van der Waals surface area contributed by atoms with Crippen LogP contribution in [0.15, 0.2) is 53.3 Å². The van der Waals surface area contributed by atoms with E-state index >= 15 is 0 Å². The van der Waals surface area contributed by atoms with Gasteiger partial charge in [-0.25, -0.2) is 0 Å². The number of para-hydroxylation sites is 1. The lowest BCUT2D eigenvalue weighted by Crippen LogP contribution is -2.23. The van der Waals surface area contributed by atoms with Crippen LogP contribution in [-0.4, -0.2) is 27.7 Å². The predicted octanol–water partition coefficient (Wildman–Crippen LogP) is 2.30. The standard InChI is InChI=1S/C20H15N3O4S/c1-12(24)27-16-6-4-3-5-15(16)18-21-20-23(22-18)19(25)17(28-20)11-13-7-9-14(26-2)10-8-13/h3-11H,1-2H3/b17-11-. The Balaban J connectivity index is 1.76. The predicted molar refractivity (Wildman–Crippen MR) is 106 cm³/mol. The molecule has 28 heavy (non-hydrogen) atoms. The summed E-state index contributed by atoms with van der Waals surface area (Å²) in [7, 11) is 1.60. The van der Waals surface area contributed by atoms with Crippen LogP contribution in [0.1, 0.15) is 12.5 Å². The minimum Gasteiger partial charge on any atom is -0.497 e. The molecule has 7 nitrogen and oxygen atoms in total. The summed E-state index contributed by atoms with van der Waals surface area (Å²) in [5, 5.41) is 4.31. The molecule has 2 heterocycles. The van der Waals surface area contributed by atoms with E-state index in [0.29, 0.717) is 26.6 Å². The molecule has 0 saturated carbocycles. The van der Waals surface area contributed by atoms with Crippen molar-refractivity contribution in [3.05, 3.63) is 69.0 Å². The molecule has 0 saturated heterocycles. The minimum atomic E-state index is -0.436. The lowest BCUT2D eigenvalue weighted by Gasteiger charge is -2.04. The first kappa shape index (κ1) is 17.9. The number of fused-ring (bicyclic) bond motifs is 1. The molecule has 0 radical (unpaired) electrons. The molecular formula is C20H15N3O4S. The summed E-state index contributed by atoms with van der Waals surface area (Å²) in [5.41, 5.74) is 1.18. The number of benzene rings is 2. The van der Waals surface area contributed by atoms with Crippen LogP contribution in [0.5, 0.6) is 11.5 Å². The van der Waals surface area contributed by atoms with Gasteiger partial charge in [0, 0.05) is 6.92 Å². The van der Waals surface area contributed by atoms with E-state index in [1.807, 2.05) is 24.3 Å². The van der Waals surface area contributed by atoms with Crippen LogP contribution in [0.25, 0.3) is 22.4 Å². The number of rotatable bonds is 4. The smallest absolute Gasteiger partial charge is 0.308 e. The van der Waals surface area contributed by atoms with E-state index in [-0.39, 0.29) is 5.56 Å². The van der Waals surface area contributed by atoms with Gasteiger partial charge < -0.3 is 9.47 Å². The lowest BCUT2D eigenvalue weighted by atomic mass is 10.2. The van der Waals surface area contributed by atoms with Gasteiger partial charge in [-0.3, -0.25) is 9.59 Å². The van der Waals surface area contributed by atoms with Crippen molar-refractivity contribution in [1.29, 1.82) is 0 Å². The zero-order valence-electron chi connectivity index (χ0n) is 15.1. The zero-order valence-corrected chi connectivity index (χ0v) is 15.9. The second kappa shape index (κ2) is 7.24. The molecule has 0 unspecified atom stereocenters. The van der Waals surface area contributed by atoms with E-state index in [1.165, 1.54) is 22.8 Å². The Hall–Kier alpha value is -3.52. The molecule has 4 rings (SSSR count). The van der Waals surface area contributed by atoms with Gasteiger partial charge in [0.05, 0.1) is 17.2 Å². The average Bonchev–Trinajstić information content (AvgIpc) is 3.22. The Morgan fingerprint density at radius 3 is 2.57 bits per heavy atom. The molecule has 0 aliphatic heterocycles. The summed E-state index contributed by atoms with van der Waals surface area (Å²) in [6.45, 7) is 1.33. The zero-order chi connectivity index (χ0) is 19.7. The number of carbonyl (C=O) groups is 1. The SMILES string of the molecule is COc1ccc(/C=c2\sc3nc(-c4ccccc4OC(C)=O)nn3c2=O)cc1. The van der Waals surface area contributed by atoms with Gasteiger partial charge in [-0.1, -0.05) is 35.6 Å². The number of methoxy groups -OCH3 is 1. The van der Waals surface area contributed by atoms with E-state index in [1.54, 1.807) is 37.5 Å². The molecule has 2 aromatic carbocycles. The van der Waals surface area contributed by atoms with Crippen molar-refractivity contribution >= 4 is 28.3 Å². The van der Waals surface area contributed by atoms with Gasteiger partial charge in [-0.2, -0.15) is 9.50 Å². The third kappa shape index (κ3) is 3.37. The van der Waals surface area contributed by atoms with Crippen LogP contribution in [0.2, 0.25) is 0 Å². The highest BCUT2D eigenvalue weighted by Gasteiger charge is 2.16. The van der Waals surface area contributed by atoms with Gasteiger partial charge in [-0.15, -0.1) is 5.10 Å². The van der Waals surface area contributed by atoms with Crippen LogP contribution in [-0.2, 0) is 4.79 Å². The molecule has 0 N–H and O–H groups in total. The topological polar surface area (TPSA) is 82.8 Å². The van der Waals surface area contributed by atoms with Crippen LogP contribution in [0.3, 0.4) is 0 Å². The Kier molecular flexibility index (Phi) is 4.62. The molecule has 4 aromatic rings. The number of thiazole rings is 1. The summed E-state index contributed by atoms with van der Waals surface area (Å²) in [4.78, 5) is 28.9. The highest BCUT2D eigenvalue weighted by molar-refractivity contribution is 7.15. The van der Waals surface area contributed by atoms with Crippen molar-refractivity contribution in [2.75, 3.05) is 7.11 Å². The third-order valence-corrected chi connectivity index (χ3v) is 4.94. The van der Waals surface area contributed by atoms with Crippen LogP contribution in [0.4, 0.5) is 0 Å². The fourth-order valence-corrected chi connectivity index (χ4v) is 3.60. The maximum atomic E-state index is 12.7. The van der Waals surface area contributed by atoms with Crippen molar-refractivity contribution in [1.82, 2.24) is 14.6 Å². The number of carbonyl (C=O) groups excluding carboxylic acids is 1. The molecule has 0 spiro atoms. The van der Waals surface area contributed by atoms with E-state index < -0.39 is 5.97 Å². The van der Waals surface area contributed by atoms with E-state index in [0.717, 1.165) is 11.3 Å². The average molecular weight is 393 g/mol. The fourth-order valence-electron chi connectivity index (χ4n) is 2.69.